The molecule has 1 aliphatic rings. The fraction of sp³-hybridized carbons (Fsp3) is 0.450. The molecule has 144 valence electrons. The first-order chi connectivity index (χ1) is 13.2. The van der Waals surface area contributed by atoms with Crippen molar-refractivity contribution in [3.05, 3.63) is 41.8 Å². The van der Waals surface area contributed by atoms with Crippen LogP contribution in [-0.4, -0.2) is 29.0 Å². The Kier molecular flexibility index (Phi) is 6.57. The average molecular weight is 371 g/mol. The van der Waals surface area contributed by atoms with Crippen LogP contribution >= 0.6 is 0 Å². The van der Waals surface area contributed by atoms with Crippen molar-refractivity contribution in [1.82, 2.24) is 15.3 Å². The average Bonchev–Trinajstić information content (AvgIpc) is 3.47. The predicted molar refractivity (Wildman–Crippen MR) is 105 cm³/mol. The normalized spacial score (nSPS) is 13.3. The van der Waals surface area contributed by atoms with Gasteiger partial charge in [0.15, 0.2) is 0 Å². The smallest absolute Gasteiger partial charge is 0.229 e. The molecule has 1 aromatic carbocycles. The summed E-state index contributed by atoms with van der Waals surface area (Å²) in [7, 11) is 0. The van der Waals surface area contributed by atoms with Crippen LogP contribution in [0.25, 0.3) is 0 Å². The minimum atomic E-state index is -0.307. The van der Waals surface area contributed by atoms with Crippen molar-refractivity contribution in [3.8, 4) is 0 Å². The van der Waals surface area contributed by atoms with Gasteiger partial charge in [0, 0.05) is 37.0 Å². The second-order valence-electron chi connectivity index (χ2n) is 6.79. The molecule has 0 unspecified atom stereocenters. The SMILES string of the molecule is CCCC(=O)NCCCNc1nc(Nc2cccc(F)c2)ncc1C1CC1. The van der Waals surface area contributed by atoms with E-state index in [4.69, 9.17) is 0 Å². The number of amides is 1. The number of halogens is 1. The van der Waals surface area contributed by atoms with E-state index < -0.39 is 0 Å². The van der Waals surface area contributed by atoms with E-state index in [1.54, 1.807) is 12.1 Å². The first-order valence-electron chi connectivity index (χ1n) is 9.56. The minimum absolute atomic E-state index is 0.0970. The summed E-state index contributed by atoms with van der Waals surface area (Å²) in [6, 6.07) is 6.22. The molecule has 3 N–H and O–H groups in total. The minimum Gasteiger partial charge on any atom is -0.370 e. The van der Waals surface area contributed by atoms with Gasteiger partial charge in [-0.15, -0.1) is 0 Å². The maximum Gasteiger partial charge on any atom is 0.229 e. The number of nitrogens with zero attached hydrogens (tertiary/aromatic N) is 2. The van der Waals surface area contributed by atoms with Gasteiger partial charge in [0.1, 0.15) is 11.6 Å². The Morgan fingerprint density at radius 3 is 2.89 bits per heavy atom. The molecule has 1 fully saturated rings. The van der Waals surface area contributed by atoms with Gasteiger partial charge in [0.2, 0.25) is 11.9 Å². The number of hydrogen-bond donors (Lipinski definition) is 3. The summed E-state index contributed by atoms with van der Waals surface area (Å²) in [5, 5.41) is 9.31. The molecule has 0 radical (unpaired) electrons. The summed E-state index contributed by atoms with van der Waals surface area (Å²) in [5.74, 6) is 1.55. The molecule has 1 heterocycles. The molecular weight excluding hydrogens is 345 g/mol. The number of nitrogens with one attached hydrogen (secondary N) is 3. The second-order valence-corrected chi connectivity index (χ2v) is 6.79. The maximum absolute atomic E-state index is 13.3. The summed E-state index contributed by atoms with van der Waals surface area (Å²) in [6.07, 6.45) is 6.40. The van der Waals surface area contributed by atoms with Crippen molar-refractivity contribution in [2.24, 2.45) is 0 Å². The van der Waals surface area contributed by atoms with Crippen LogP contribution in [0.3, 0.4) is 0 Å². The van der Waals surface area contributed by atoms with Crippen LogP contribution < -0.4 is 16.0 Å². The quantitative estimate of drug-likeness (QED) is 0.551. The summed E-state index contributed by atoms with van der Waals surface area (Å²) in [4.78, 5) is 20.4. The molecular formula is C20H26FN5O. The number of rotatable bonds is 10. The Hall–Kier alpha value is -2.70. The van der Waals surface area contributed by atoms with Crippen LogP contribution in [0.4, 0.5) is 21.8 Å². The van der Waals surface area contributed by atoms with E-state index in [-0.39, 0.29) is 11.7 Å². The van der Waals surface area contributed by atoms with Crippen LogP contribution in [-0.2, 0) is 4.79 Å². The standard InChI is InChI=1S/C20H26FN5O/c1-2-5-18(27)22-10-4-11-23-19-17(14-8-9-14)13-24-20(26-19)25-16-7-3-6-15(21)12-16/h3,6-7,12-14H,2,4-5,8-11H2,1H3,(H,22,27)(H2,23,24,25,26). The van der Waals surface area contributed by atoms with Gasteiger partial charge in [-0.05, 0) is 49.8 Å². The Bertz CT molecular complexity index is 779. The van der Waals surface area contributed by atoms with E-state index in [1.165, 1.54) is 12.1 Å². The zero-order valence-electron chi connectivity index (χ0n) is 15.6. The monoisotopic (exact) mass is 371 g/mol. The van der Waals surface area contributed by atoms with E-state index in [9.17, 15) is 9.18 Å². The van der Waals surface area contributed by atoms with Crippen LogP contribution in [0.15, 0.2) is 30.5 Å². The van der Waals surface area contributed by atoms with Crippen molar-refractivity contribution >= 4 is 23.4 Å². The number of carbonyl (C=O) groups is 1. The molecule has 0 aliphatic heterocycles. The van der Waals surface area contributed by atoms with E-state index in [0.29, 0.717) is 37.1 Å². The number of benzene rings is 1. The molecule has 1 amide bonds. The van der Waals surface area contributed by atoms with E-state index in [0.717, 1.165) is 37.1 Å². The highest BCUT2D eigenvalue weighted by Crippen LogP contribution is 2.42. The molecule has 1 saturated carbocycles. The Morgan fingerprint density at radius 2 is 2.15 bits per heavy atom. The lowest BCUT2D eigenvalue weighted by Gasteiger charge is -2.13. The highest BCUT2D eigenvalue weighted by Gasteiger charge is 2.27. The summed E-state index contributed by atoms with van der Waals surface area (Å²) in [5.41, 5.74) is 1.73. The fourth-order valence-corrected chi connectivity index (χ4v) is 2.82. The second kappa shape index (κ2) is 9.30. The van der Waals surface area contributed by atoms with Crippen molar-refractivity contribution in [2.75, 3.05) is 23.7 Å². The topological polar surface area (TPSA) is 78.9 Å². The third-order valence-corrected chi connectivity index (χ3v) is 4.36. The van der Waals surface area contributed by atoms with Gasteiger partial charge in [-0.3, -0.25) is 4.79 Å². The highest BCUT2D eigenvalue weighted by molar-refractivity contribution is 5.75. The number of aromatic nitrogens is 2. The van der Waals surface area contributed by atoms with Gasteiger partial charge in [-0.25, -0.2) is 9.37 Å². The lowest BCUT2D eigenvalue weighted by Crippen LogP contribution is -2.25. The molecule has 0 bridgehead atoms. The molecule has 0 saturated heterocycles. The molecule has 6 nitrogen and oxygen atoms in total. The lowest BCUT2D eigenvalue weighted by atomic mass is 10.2. The molecule has 0 spiro atoms. The third-order valence-electron chi connectivity index (χ3n) is 4.36. The first-order valence-corrected chi connectivity index (χ1v) is 9.56. The molecule has 7 heteroatoms. The van der Waals surface area contributed by atoms with Crippen molar-refractivity contribution in [1.29, 1.82) is 0 Å². The van der Waals surface area contributed by atoms with E-state index in [2.05, 4.69) is 25.9 Å². The predicted octanol–water partition coefficient (Wildman–Crippen LogP) is 3.96. The summed E-state index contributed by atoms with van der Waals surface area (Å²) >= 11 is 0. The fourth-order valence-electron chi connectivity index (χ4n) is 2.82. The zero-order valence-corrected chi connectivity index (χ0v) is 15.6. The van der Waals surface area contributed by atoms with Crippen LogP contribution in [0.2, 0.25) is 0 Å². The molecule has 3 rings (SSSR count). The number of carbonyl (C=O) groups excluding carboxylic acids is 1. The molecule has 0 atom stereocenters. The largest absolute Gasteiger partial charge is 0.370 e. The number of anilines is 3. The zero-order chi connectivity index (χ0) is 19.1. The van der Waals surface area contributed by atoms with Gasteiger partial charge >= 0.3 is 0 Å². The third kappa shape index (κ3) is 5.91. The van der Waals surface area contributed by atoms with E-state index in [1.807, 2.05) is 13.1 Å². The Morgan fingerprint density at radius 1 is 1.30 bits per heavy atom. The van der Waals surface area contributed by atoms with Gasteiger partial charge in [-0.2, -0.15) is 4.98 Å². The first kappa shape index (κ1) is 19.1. The highest BCUT2D eigenvalue weighted by atomic mass is 19.1. The molecule has 2 aromatic rings. The maximum atomic E-state index is 13.3. The van der Waals surface area contributed by atoms with E-state index >= 15 is 0 Å². The van der Waals surface area contributed by atoms with Gasteiger partial charge in [0.25, 0.3) is 0 Å². The van der Waals surface area contributed by atoms with Gasteiger partial charge in [0.05, 0.1) is 0 Å². The van der Waals surface area contributed by atoms with Crippen LogP contribution in [0, 0.1) is 5.82 Å². The summed E-state index contributed by atoms with van der Waals surface area (Å²) in [6.45, 7) is 3.34. The summed E-state index contributed by atoms with van der Waals surface area (Å²) < 4.78 is 13.3. The number of hydrogen-bond acceptors (Lipinski definition) is 5. The van der Waals surface area contributed by atoms with Crippen molar-refractivity contribution in [3.63, 3.8) is 0 Å². The van der Waals surface area contributed by atoms with Crippen molar-refractivity contribution < 1.29 is 9.18 Å². The van der Waals surface area contributed by atoms with Crippen LogP contribution in [0.1, 0.15) is 50.5 Å². The lowest BCUT2D eigenvalue weighted by molar-refractivity contribution is -0.121. The van der Waals surface area contributed by atoms with Crippen LogP contribution in [0.5, 0.6) is 0 Å². The van der Waals surface area contributed by atoms with Crippen molar-refractivity contribution in [2.45, 2.75) is 44.9 Å². The Labute approximate surface area is 159 Å². The van der Waals surface area contributed by atoms with Gasteiger partial charge < -0.3 is 16.0 Å². The van der Waals surface area contributed by atoms with Gasteiger partial charge in [-0.1, -0.05) is 13.0 Å². The molecule has 1 aromatic heterocycles. The molecule has 27 heavy (non-hydrogen) atoms. The Balaban J connectivity index is 1.58. The molecule has 1 aliphatic carbocycles.